The zero-order chi connectivity index (χ0) is 13.2. The molecule has 0 rings (SSSR count). The smallest absolute Gasteiger partial charge is 0.0627 e. The van der Waals surface area contributed by atoms with Gasteiger partial charge >= 0.3 is 0 Å². The third-order valence-electron chi connectivity index (χ3n) is 2.73. The summed E-state index contributed by atoms with van der Waals surface area (Å²) in [7, 11) is 0. The molecule has 0 heterocycles. The van der Waals surface area contributed by atoms with Crippen molar-refractivity contribution in [3.05, 3.63) is 11.1 Å². The quantitative estimate of drug-likeness (QED) is 0.528. The molecule has 0 aromatic rings. The molecule has 4 heteroatoms. The van der Waals surface area contributed by atoms with Crippen LogP contribution in [-0.2, 0) is 0 Å². The second-order valence-electron chi connectivity index (χ2n) is 4.27. The van der Waals surface area contributed by atoms with E-state index in [1.54, 1.807) is 0 Å². The maximum atomic E-state index is 8.50. The van der Waals surface area contributed by atoms with E-state index in [9.17, 15) is 0 Å². The van der Waals surface area contributed by atoms with E-state index in [2.05, 4.69) is 27.7 Å². The van der Waals surface area contributed by atoms with Crippen LogP contribution in [0.25, 0.3) is 0 Å². The van der Waals surface area contributed by atoms with Gasteiger partial charge in [0.15, 0.2) is 0 Å². The van der Waals surface area contributed by atoms with Crippen molar-refractivity contribution in [1.82, 2.24) is 0 Å². The van der Waals surface area contributed by atoms with Crippen LogP contribution >= 0.6 is 0 Å². The third-order valence-corrected chi connectivity index (χ3v) is 2.73. The summed E-state index contributed by atoms with van der Waals surface area (Å²) in [5, 5.41) is 34.0. The summed E-state index contributed by atoms with van der Waals surface area (Å²) < 4.78 is 0. The number of allylic oxidation sites excluding steroid dienone is 2. The molecule has 0 aliphatic heterocycles. The predicted molar refractivity (Wildman–Crippen MR) is 65.1 cm³/mol. The van der Waals surface area contributed by atoms with E-state index in [1.165, 1.54) is 17.6 Å². The van der Waals surface area contributed by atoms with Crippen molar-refractivity contribution in [2.24, 2.45) is 5.41 Å². The molecular weight excluding hydrogens is 208 g/mol. The average molecular weight is 234 g/mol. The summed E-state index contributed by atoms with van der Waals surface area (Å²) in [5.41, 5.74) is 1.86. The van der Waals surface area contributed by atoms with E-state index in [1.807, 2.05) is 0 Å². The lowest BCUT2D eigenvalue weighted by Crippen LogP contribution is -2.37. The minimum absolute atomic E-state index is 0.406. The first-order valence-electron chi connectivity index (χ1n) is 5.49. The molecule has 98 valence electrons. The van der Waals surface area contributed by atoms with Crippen LogP contribution in [0.4, 0.5) is 0 Å². The standard InChI is InChI=1S/C7H14.C5H12O4/c1-5-7(4)6(2)3;6-1-5(2-7,3-8)4-9/h5H2,1-4H3;6-9H,1-4H2. The molecular formula is C12H26O4. The van der Waals surface area contributed by atoms with Crippen LogP contribution in [0.3, 0.4) is 0 Å². The highest BCUT2D eigenvalue weighted by Gasteiger charge is 2.26. The lowest BCUT2D eigenvalue weighted by Gasteiger charge is -2.23. The average Bonchev–Trinajstić information content (AvgIpc) is 2.32. The Morgan fingerprint density at radius 1 is 0.812 bits per heavy atom. The number of rotatable bonds is 5. The molecule has 0 aliphatic carbocycles. The Morgan fingerprint density at radius 3 is 1.12 bits per heavy atom. The highest BCUT2D eigenvalue weighted by atomic mass is 16.3. The molecule has 0 spiro atoms. The van der Waals surface area contributed by atoms with Gasteiger partial charge in [-0.3, -0.25) is 0 Å². The molecule has 0 saturated carbocycles. The van der Waals surface area contributed by atoms with Crippen LogP contribution < -0.4 is 0 Å². The maximum absolute atomic E-state index is 8.50. The summed E-state index contributed by atoms with van der Waals surface area (Å²) >= 11 is 0. The molecule has 16 heavy (non-hydrogen) atoms. The van der Waals surface area contributed by atoms with E-state index in [-0.39, 0.29) is 0 Å². The molecule has 0 bridgehead atoms. The Labute approximate surface area is 98.2 Å². The monoisotopic (exact) mass is 234 g/mol. The number of hydrogen-bond acceptors (Lipinski definition) is 4. The molecule has 0 aromatic heterocycles. The highest BCUT2D eigenvalue weighted by Crippen LogP contribution is 2.11. The maximum Gasteiger partial charge on any atom is 0.0627 e. The molecule has 0 aromatic carbocycles. The molecule has 0 fully saturated rings. The second kappa shape index (κ2) is 9.78. The Morgan fingerprint density at radius 2 is 1.12 bits per heavy atom. The normalized spacial score (nSPS) is 10.5. The summed E-state index contributed by atoms with van der Waals surface area (Å²) in [6.45, 7) is 7.04. The lowest BCUT2D eigenvalue weighted by molar-refractivity contribution is -0.0328. The molecule has 0 unspecified atom stereocenters. The fourth-order valence-corrected chi connectivity index (χ4v) is 0.654. The molecule has 4 N–H and O–H groups in total. The van der Waals surface area contributed by atoms with Gasteiger partial charge in [-0.05, 0) is 27.2 Å². The number of hydrogen-bond donors (Lipinski definition) is 4. The van der Waals surface area contributed by atoms with Crippen molar-refractivity contribution in [3.8, 4) is 0 Å². The summed E-state index contributed by atoms with van der Waals surface area (Å²) in [4.78, 5) is 0. The van der Waals surface area contributed by atoms with Crippen molar-refractivity contribution in [1.29, 1.82) is 0 Å². The van der Waals surface area contributed by atoms with Crippen LogP contribution in [0.1, 0.15) is 34.1 Å². The van der Waals surface area contributed by atoms with Crippen molar-refractivity contribution < 1.29 is 20.4 Å². The van der Waals surface area contributed by atoms with Crippen molar-refractivity contribution in [2.45, 2.75) is 34.1 Å². The Kier molecular flexibility index (Phi) is 11.0. The molecule has 0 saturated heterocycles. The van der Waals surface area contributed by atoms with Gasteiger partial charge in [0.2, 0.25) is 0 Å². The van der Waals surface area contributed by atoms with E-state index in [4.69, 9.17) is 20.4 Å². The number of aliphatic hydroxyl groups excluding tert-OH is 4. The fraction of sp³-hybridized carbons (Fsp3) is 0.833. The Hall–Kier alpha value is -0.420. The van der Waals surface area contributed by atoms with Gasteiger partial charge in [0.1, 0.15) is 0 Å². The van der Waals surface area contributed by atoms with E-state index in [0.717, 1.165) is 0 Å². The predicted octanol–water partition coefficient (Wildman–Crippen LogP) is 0.695. The minimum Gasteiger partial charge on any atom is -0.396 e. The topological polar surface area (TPSA) is 80.9 Å². The second-order valence-corrected chi connectivity index (χ2v) is 4.27. The van der Waals surface area contributed by atoms with Gasteiger partial charge in [0, 0.05) is 0 Å². The summed E-state index contributed by atoms with van der Waals surface area (Å²) in [6, 6.07) is 0. The van der Waals surface area contributed by atoms with Gasteiger partial charge in [-0.25, -0.2) is 0 Å². The largest absolute Gasteiger partial charge is 0.396 e. The van der Waals surface area contributed by atoms with Gasteiger partial charge < -0.3 is 20.4 Å². The van der Waals surface area contributed by atoms with Gasteiger partial charge in [-0.1, -0.05) is 18.1 Å². The van der Waals surface area contributed by atoms with Crippen molar-refractivity contribution in [2.75, 3.05) is 26.4 Å². The zero-order valence-corrected chi connectivity index (χ0v) is 10.8. The lowest BCUT2D eigenvalue weighted by atomic mass is 9.93. The van der Waals surface area contributed by atoms with Crippen LogP contribution in [0.2, 0.25) is 0 Å². The zero-order valence-electron chi connectivity index (χ0n) is 10.8. The van der Waals surface area contributed by atoms with E-state index >= 15 is 0 Å². The van der Waals surface area contributed by atoms with Crippen LogP contribution in [0.15, 0.2) is 11.1 Å². The first-order chi connectivity index (χ1) is 7.42. The fourth-order valence-electron chi connectivity index (χ4n) is 0.654. The van der Waals surface area contributed by atoms with Crippen LogP contribution in [0, 0.1) is 5.41 Å². The molecule has 4 nitrogen and oxygen atoms in total. The van der Waals surface area contributed by atoms with Crippen LogP contribution in [0.5, 0.6) is 0 Å². The van der Waals surface area contributed by atoms with Gasteiger partial charge in [-0.2, -0.15) is 0 Å². The van der Waals surface area contributed by atoms with E-state index in [0.29, 0.717) is 0 Å². The highest BCUT2D eigenvalue weighted by molar-refractivity contribution is 5.05. The minimum atomic E-state index is -1.11. The Bertz CT molecular complexity index is 174. The van der Waals surface area contributed by atoms with Gasteiger partial charge in [0.05, 0.1) is 31.8 Å². The molecule has 0 aliphatic rings. The molecule has 0 amide bonds. The third kappa shape index (κ3) is 6.95. The van der Waals surface area contributed by atoms with E-state index < -0.39 is 31.8 Å². The van der Waals surface area contributed by atoms with Gasteiger partial charge in [-0.15, -0.1) is 0 Å². The molecule has 0 atom stereocenters. The summed E-state index contributed by atoms with van der Waals surface area (Å²) in [5.74, 6) is 0. The van der Waals surface area contributed by atoms with Crippen LogP contribution in [-0.4, -0.2) is 46.9 Å². The first-order valence-corrected chi connectivity index (χ1v) is 5.49. The van der Waals surface area contributed by atoms with Crippen molar-refractivity contribution in [3.63, 3.8) is 0 Å². The van der Waals surface area contributed by atoms with Crippen molar-refractivity contribution >= 4 is 0 Å². The SMILES string of the molecule is CCC(C)=C(C)C.OCC(CO)(CO)CO. The van der Waals surface area contributed by atoms with Gasteiger partial charge in [0.25, 0.3) is 0 Å². The molecule has 0 radical (unpaired) electrons. The summed E-state index contributed by atoms with van der Waals surface area (Å²) in [6.07, 6.45) is 1.20. The number of aliphatic hydroxyl groups is 4. The Balaban J connectivity index is 0. The first kappa shape index (κ1) is 18.0.